The van der Waals surface area contributed by atoms with Crippen LogP contribution in [0.25, 0.3) is 22.4 Å². The maximum absolute atomic E-state index is 11.6. The Morgan fingerprint density at radius 1 is 1.07 bits per heavy atom. The zero-order valence-electron chi connectivity index (χ0n) is 17.0. The molecule has 1 saturated heterocycles. The van der Waals surface area contributed by atoms with E-state index in [2.05, 4.69) is 23.1 Å². The van der Waals surface area contributed by atoms with E-state index in [-0.39, 0.29) is 11.8 Å². The molecule has 1 amide bonds. The molecule has 30 heavy (non-hydrogen) atoms. The second-order valence-electron chi connectivity index (χ2n) is 8.20. The van der Waals surface area contributed by atoms with Crippen LogP contribution in [0.5, 0.6) is 0 Å². The SMILES string of the molecule is NC(=O)C1CCN(c2nc(/C=C/c3ccccc3)nc3sc4c(c23)CCCC4)CC1. The van der Waals surface area contributed by atoms with E-state index in [0.717, 1.165) is 60.8 Å². The fraction of sp³-hybridized carbons (Fsp3) is 0.375. The number of benzene rings is 1. The molecule has 1 aromatic carbocycles. The predicted octanol–water partition coefficient (Wildman–Crippen LogP) is 4.44. The third-order valence-corrected chi connectivity index (χ3v) is 7.42. The minimum atomic E-state index is -0.179. The standard InChI is InChI=1S/C24H26N4OS/c25-22(29)17-12-14-28(15-13-17)23-21-18-8-4-5-9-19(18)30-24(21)27-20(26-23)11-10-16-6-2-1-3-7-16/h1-3,6-7,10-11,17H,4-5,8-9,12-15H2,(H2,25,29)/b11-10+. The van der Waals surface area contributed by atoms with Crippen LogP contribution in [0.2, 0.25) is 0 Å². The molecule has 0 spiro atoms. The van der Waals surface area contributed by atoms with E-state index in [9.17, 15) is 4.79 Å². The number of aryl methyl sites for hydroxylation is 2. The number of piperidine rings is 1. The Morgan fingerprint density at radius 2 is 1.83 bits per heavy atom. The maximum atomic E-state index is 11.6. The van der Waals surface area contributed by atoms with E-state index in [0.29, 0.717) is 0 Å². The van der Waals surface area contributed by atoms with E-state index in [1.807, 2.05) is 35.6 Å². The number of thiophene rings is 1. The molecule has 3 heterocycles. The van der Waals surface area contributed by atoms with E-state index >= 15 is 0 Å². The van der Waals surface area contributed by atoms with Crippen molar-refractivity contribution >= 4 is 45.4 Å². The van der Waals surface area contributed by atoms with Crippen LogP contribution in [0.3, 0.4) is 0 Å². The maximum Gasteiger partial charge on any atom is 0.220 e. The summed E-state index contributed by atoms with van der Waals surface area (Å²) in [6.45, 7) is 1.62. The normalized spacial score (nSPS) is 17.5. The van der Waals surface area contributed by atoms with Crippen molar-refractivity contribution in [2.24, 2.45) is 11.7 Å². The zero-order chi connectivity index (χ0) is 20.5. The Bertz CT molecular complexity index is 1100. The van der Waals surface area contributed by atoms with Crippen LogP contribution in [-0.2, 0) is 17.6 Å². The van der Waals surface area contributed by atoms with Crippen molar-refractivity contribution in [3.05, 3.63) is 52.2 Å². The fourth-order valence-corrected chi connectivity index (χ4v) is 5.83. The lowest BCUT2D eigenvalue weighted by atomic mass is 9.94. The predicted molar refractivity (Wildman–Crippen MR) is 124 cm³/mol. The number of nitrogens with two attached hydrogens (primary N) is 1. The number of hydrogen-bond acceptors (Lipinski definition) is 5. The van der Waals surface area contributed by atoms with Crippen LogP contribution >= 0.6 is 11.3 Å². The first-order chi connectivity index (χ1) is 14.7. The lowest BCUT2D eigenvalue weighted by Gasteiger charge is -2.32. The molecule has 1 aliphatic carbocycles. The summed E-state index contributed by atoms with van der Waals surface area (Å²) in [5, 5.41) is 1.24. The average Bonchev–Trinajstić information content (AvgIpc) is 3.16. The van der Waals surface area contributed by atoms with Gasteiger partial charge in [-0.05, 0) is 55.7 Å². The van der Waals surface area contributed by atoms with E-state index in [1.165, 1.54) is 28.7 Å². The molecule has 3 aromatic rings. The number of rotatable bonds is 4. The molecule has 2 aliphatic rings. The van der Waals surface area contributed by atoms with Crippen molar-refractivity contribution in [2.45, 2.75) is 38.5 Å². The number of nitrogens with zero attached hydrogens (tertiary/aromatic N) is 3. The molecule has 5 nitrogen and oxygen atoms in total. The Labute approximate surface area is 180 Å². The summed E-state index contributed by atoms with van der Waals surface area (Å²) in [6.07, 6.45) is 10.4. The summed E-state index contributed by atoms with van der Waals surface area (Å²) < 4.78 is 0. The Kier molecular flexibility index (Phi) is 5.25. The van der Waals surface area contributed by atoms with Gasteiger partial charge in [-0.1, -0.05) is 36.4 Å². The fourth-order valence-electron chi connectivity index (χ4n) is 4.57. The topological polar surface area (TPSA) is 72.1 Å². The zero-order valence-corrected chi connectivity index (χ0v) is 17.8. The van der Waals surface area contributed by atoms with Crippen LogP contribution in [-0.4, -0.2) is 29.0 Å². The number of fused-ring (bicyclic) bond motifs is 3. The molecular formula is C24H26N4OS. The first-order valence-corrected chi connectivity index (χ1v) is 11.6. The van der Waals surface area contributed by atoms with E-state index in [1.54, 1.807) is 0 Å². The highest BCUT2D eigenvalue weighted by molar-refractivity contribution is 7.19. The quantitative estimate of drug-likeness (QED) is 0.680. The number of carbonyl (C=O) groups excluding carboxylic acids is 1. The number of aromatic nitrogens is 2. The lowest BCUT2D eigenvalue weighted by Crippen LogP contribution is -2.39. The summed E-state index contributed by atoms with van der Waals surface area (Å²) in [5.41, 5.74) is 8.13. The molecule has 2 N–H and O–H groups in total. The largest absolute Gasteiger partial charge is 0.369 e. The van der Waals surface area contributed by atoms with Crippen LogP contribution in [0.4, 0.5) is 5.82 Å². The van der Waals surface area contributed by atoms with Crippen molar-refractivity contribution in [1.29, 1.82) is 0 Å². The first-order valence-electron chi connectivity index (χ1n) is 10.8. The monoisotopic (exact) mass is 418 g/mol. The van der Waals surface area contributed by atoms with Gasteiger partial charge in [-0.25, -0.2) is 9.97 Å². The summed E-state index contributed by atoms with van der Waals surface area (Å²) in [5.74, 6) is 1.58. The van der Waals surface area contributed by atoms with Gasteiger partial charge in [-0.3, -0.25) is 4.79 Å². The van der Waals surface area contributed by atoms with Crippen LogP contribution < -0.4 is 10.6 Å². The molecule has 1 aliphatic heterocycles. The molecule has 154 valence electrons. The lowest BCUT2D eigenvalue weighted by molar-refractivity contribution is -0.122. The van der Waals surface area contributed by atoms with Crippen molar-refractivity contribution in [2.75, 3.05) is 18.0 Å². The highest BCUT2D eigenvalue weighted by atomic mass is 32.1. The Balaban J connectivity index is 1.55. The third kappa shape index (κ3) is 3.72. The van der Waals surface area contributed by atoms with Crippen LogP contribution in [0.1, 0.15) is 47.5 Å². The summed E-state index contributed by atoms with van der Waals surface area (Å²) in [6, 6.07) is 10.2. The summed E-state index contributed by atoms with van der Waals surface area (Å²) in [7, 11) is 0. The molecular weight excluding hydrogens is 392 g/mol. The van der Waals surface area contributed by atoms with E-state index in [4.69, 9.17) is 15.7 Å². The number of anilines is 1. The second-order valence-corrected chi connectivity index (χ2v) is 9.29. The van der Waals surface area contributed by atoms with Gasteiger partial charge in [0.1, 0.15) is 10.6 Å². The van der Waals surface area contributed by atoms with Gasteiger partial charge in [0.2, 0.25) is 5.91 Å². The molecule has 2 aromatic heterocycles. The van der Waals surface area contributed by atoms with Crippen molar-refractivity contribution in [1.82, 2.24) is 9.97 Å². The average molecular weight is 419 g/mol. The van der Waals surface area contributed by atoms with Gasteiger partial charge in [0, 0.05) is 23.9 Å². The number of hydrogen-bond donors (Lipinski definition) is 1. The first kappa shape index (κ1) is 19.2. The molecule has 0 saturated carbocycles. The number of carbonyl (C=O) groups is 1. The molecule has 0 bridgehead atoms. The van der Waals surface area contributed by atoms with Gasteiger partial charge in [0.25, 0.3) is 0 Å². The van der Waals surface area contributed by atoms with Gasteiger partial charge < -0.3 is 10.6 Å². The van der Waals surface area contributed by atoms with Crippen molar-refractivity contribution in [3.8, 4) is 0 Å². The number of primary amides is 1. The Hall–Kier alpha value is -2.73. The van der Waals surface area contributed by atoms with Crippen LogP contribution in [0, 0.1) is 5.92 Å². The molecule has 0 atom stereocenters. The van der Waals surface area contributed by atoms with Crippen LogP contribution in [0.15, 0.2) is 30.3 Å². The van der Waals surface area contributed by atoms with Gasteiger partial charge in [0.05, 0.1) is 5.39 Å². The third-order valence-electron chi connectivity index (χ3n) is 6.23. The molecule has 0 unspecified atom stereocenters. The minimum absolute atomic E-state index is 0.0209. The van der Waals surface area contributed by atoms with Gasteiger partial charge in [-0.15, -0.1) is 11.3 Å². The molecule has 5 rings (SSSR count). The van der Waals surface area contributed by atoms with Crippen molar-refractivity contribution < 1.29 is 4.79 Å². The van der Waals surface area contributed by atoms with Gasteiger partial charge in [0.15, 0.2) is 5.82 Å². The highest BCUT2D eigenvalue weighted by Gasteiger charge is 2.28. The molecule has 0 radical (unpaired) electrons. The van der Waals surface area contributed by atoms with Gasteiger partial charge in [-0.2, -0.15) is 0 Å². The van der Waals surface area contributed by atoms with Crippen molar-refractivity contribution in [3.63, 3.8) is 0 Å². The van der Waals surface area contributed by atoms with E-state index < -0.39 is 0 Å². The number of amides is 1. The second kappa shape index (κ2) is 8.19. The highest BCUT2D eigenvalue weighted by Crippen LogP contribution is 2.40. The Morgan fingerprint density at radius 3 is 2.60 bits per heavy atom. The summed E-state index contributed by atoms with van der Waals surface area (Å²) >= 11 is 1.83. The minimum Gasteiger partial charge on any atom is -0.369 e. The molecule has 1 fully saturated rings. The molecule has 6 heteroatoms. The summed E-state index contributed by atoms with van der Waals surface area (Å²) in [4.78, 5) is 26.4. The smallest absolute Gasteiger partial charge is 0.220 e. The van der Waals surface area contributed by atoms with Gasteiger partial charge >= 0.3 is 0 Å².